The van der Waals surface area contributed by atoms with Gasteiger partial charge in [-0.3, -0.25) is 4.79 Å². The number of aliphatic carboxylic acids is 1. The maximum Gasteiger partial charge on any atom is 0.303 e. The maximum absolute atomic E-state index is 12.7. The zero-order valence-corrected chi connectivity index (χ0v) is 17.5. The van der Waals surface area contributed by atoms with Crippen LogP contribution in [0.25, 0.3) is 0 Å². The lowest BCUT2D eigenvalue weighted by atomic mass is 9.81. The summed E-state index contributed by atoms with van der Waals surface area (Å²) in [6, 6.07) is 8.04. The SMILES string of the molecule is Cc1cc2c(c(CCC(=O)O)c1C)CCC(NS(=O)(=O)c1ccc(Cl)cc1)C2. The van der Waals surface area contributed by atoms with Gasteiger partial charge in [0.15, 0.2) is 0 Å². The molecule has 0 heterocycles. The van der Waals surface area contributed by atoms with E-state index < -0.39 is 16.0 Å². The predicted molar refractivity (Wildman–Crippen MR) is 109 cm³/mol. The number of hydrogen-bond acceptors (Lipinski definition) is 3. The number of hydrogen-bond donors (Lipinski definition) is 2. The van der Waals surface area contributed by atoms with Gasteiger partial charge in [-0.2, -0.15) is 0 Å². The molecule has 1 atom stereocenters. The number of halogens is 1. The molecular formula is C21H24ClNO4S. The molecule has 0 spiro atoms. The second kappa shape index (κ2) is 8.23. The molecule has 3 rings (SSSR count). The van der Waals surface area contributed by atoms with Crippen molar-refractivity contribution in [2.24, 2.45) is 0 Å². The topological polar surface area (TPSA) is 83.5 Å². The highest BCUT2D eigenvalue weighted by atomic mass is 35.5. The van der Waals surface area contributed by atoms with E-state index >= 15 is 0 Å². The van der Waals surface area contributed by atoms with E-state index in [1.165, 1.54) is 17.7 Å². The highest BCUT2D eigenvalue weighted by molar-refractivity contribution is 7.89. The fourth-order valence-corrected chi connectivity index (χ4v) is 5.26. The van der Waals surface area contributed by atoms with Gasteiger partial charge in [-0.1, -0.05) is 17.7 Å². The molecule has 2 aromatic carbocycles. The first-order chi connectivity index (χ1) is 13.2. The third-order valence-electron chi connectivity index (χ3n) is 5.43. The first-order valence-electron chi connectivity index (χ1n) is 9.28. The largest absolute Gasteiger partial charge is 0.481 e. The molecule has 1 unspecified atom stereocenters. The Hall–Kier alpha value is -1.89. The first-order valence-corrected chi connectivity index (χ1v) is 11.1. The molecule has 2 aromatic rings. The molecular weight excluding hydrogens is 398 g/mol. The van der Waals surface area contributed by atoms with E-state index in [4.69, 9.17) is 16.7 Å². The lowest BCUT2D eigenvalue weighted by Crippen LogP contribution is -2.39. The predicted octanol–water partition coefficient (Wildman–Crippen LogP) is 3.81. The highest BCUT2D eigenvalue weighted by Gasteiger charge is 2.26. The van der Waals surface area contributed by atoms with E-state index in [1.54, 1.807) is 12.1 Å². The summed E-state index contributed by atoms with van der Waals surface area (Å²) in [6.07, 6.45) is 2.63. The number of benzene rings is 2. The summed E-state index contributed by atoms with van der Waals surface area (Å²) in [4.78, 5) is 11.2. The van der Waals surface area contributed by atoms with E-state index in [0.717, 1.165) is 28.7 Å². The van der Waals surface area contributed by atoms with Gasteiger partial charge >= 0.3 is 5.97 Å². The van der Waals surface area contributed by atoms with Crippen LogP contribution in [-0.2, 0) is 34.1 Å². The van der Waals surface area contributed by atoms with Crippen LogP contribution in [0.3, 0.4) is 0 Å². The molecule has 1 aliphatic carbocycles. The molecule has 0 saturated heterocycles. The van der Waals surface area contributed by atoms with Crippen LogP contribution < -0.4 is 4.72 Å². The van der Waals surface area contributed by atoms with Gasteiger partial charge in [0.2, 0.25) is 10.0 Å². The maximum atomic E-state index is 12.7. The Kier molecular flexibility index (Phi) is 6.12. The summed E-state index contributed by atoms with van der Waals surface area (Å²) in [5, 5.41) is 9.54. The van der Waals surface area contributed by atoms with Crippen molar-refractivity contribution in [3.8, 4) is 0 Å². The molecule has 5 nitrogen and oxygen atoms in total. The van der Waals surface area contributed by atoms with Crippen molar-refractivity contribution in [1.82, 2.24) is 4.72 Å². The van der Waals surface area contributed by atoms with Gasteiger partial charge in [-0.25, -0.2) is 13.1 Å². The van der Waals surface area contributed by atoms with Gasteiger partial charge in [0.1, 0.15) is 0 Å². The Labute approximate surface area is 170 Å². The number of sulfonamides is 1. The molecule has 0 amide bonds. The van der Waals surface area contributed by atoms with Crippen LogP contribution >= 0.6 is 11.6 Å². The molecule has 2 N–H and O–H groups in total. The van der Waals surface area contributed by atoms with Crippen molar-refractivity contribution in [3.05, 3.63) is 63.2 Å². The molecule has 7 heteroatoms. The van der Waals surface area contributed by atoms with Gasteiger partial charge in [-0.05, 0) is 91.6 Å². The van der Waals surface area contributed by atoms with E-state index in [0.29, 0.717) is 24.3 Å². The molecule has 150 valence electrons. The molecule has 0 aromatic heterocycles. The Bertz CT molecular complexity index is 1000. The Balaban J connectivity index is 1.82. The van der Waals surface area contributed by atoms with Crippen molar-refractivity contribution in [2.45, 2.75) is 56.9 Å². The fourth-order valence-electron chi connectivity index (χ4n) is 3.87. The van der Waals surface area contributed by atoms with E-state index in [1.807, 2.05) is 13.8 Å². The lowest BCUT2D eigenvalue weighted by molar-refractivity contribution is -0.136. The van der Waals surface area contributed by atoms with Crippen LogP contribution in [0.4, 0.5) is 0 Å². The molecule has 1 aliphatic rings. The third kappa shape index (κ3) is 4.57. The minimum absolute atomic E-state index is 0.101. The van der Waals surface area contributed by atoms with Crippen molar-refractivity contribution in [2.75, 3.05) is 0 Å². The van der Waals surface area contributed by atoms with Gasteiger partial charge in [0.05, 0.1) is 4.90 Å². The summed E-state index contributed by atoms with van der Waals surface area (Å²) in [5.41, 5.74) is 5.65. The van der Waals surface area contributed by atoms with Crippen LogP contribution in [-0.4, -0.2) is 25.5 Å². The highest BCUT2D eigenvalue weighted by Crippen LogP contribution is 2.31. The molecule has 0 radical (unpaired) electrons. The molecule has 28 heavy (non-hydrogen) atoms. The van der Waals surface area contributed by atoms with E-state index in [2.05, 4.69) is 10.8 Å². The van der Waals surface area contributed by atoms with Crippen molar-refractivity contribution < 1.29 is 18.3 Å². The fraction of sp³-hybridized carbons (Fsp3) is 0.381. The number of carboxylic acids is 1. The Morgan fingerprint density at radius 2 is 1.93 bits per heavy atom. The van der Waals surface area contributed by atoms with Crippen LogP contribution in [0.2, 0.25) is 5.02 Å². The summed E-state index contributed by atoms with van der Waals surface area (Å²) in [5.74, 6) is -0.806. The van der Waals surface area contributed by atoms with Crippen LogP contribution in [0.1, 0.15) is 40.7 Å². The number of aryl methyl sites for hydroxylation is 1. The van der Waals surface area contributed by atoms with E-state index in [9.17, 15) is 13.2 Å². The Morgan fingerprint density at radius 3 is 2.57 bits per heavy atom. The molecule has 0 aliphatic heterocycles. The molecule has 0 bridgehead atoms. The average molecular weight is 422 g/mol. The van der Waals surface area contributed by atoms with Crippen molar-refractivity contribution >= 4 is 27.6 Å². The second-order valence-corrected chi connectivity index (χ2v) is 9.49. The summed E-state index contributed by atoms with van der Waals surface area (Å²) >= 11 is 5.85. The number of carboxylic acid groups (broad SMARTS) is 1. The summed E-state index contributed by atoms with van der Waals surface area (Å²) < 4.78 is 28.1. The average Bonchev–Trinajstić information content (AvgIpc) is 2.62. The standard InChI is InChI=1S/C21H24ClNO4S/c1-13-11-15-12-17(23-28(26,27)18-6-3-16(22)4-7-18)5-8-20(15)19(14(13)2)9-10-21(24)25/h3-4,6-7,11,17,23H,5,8-10,12H2,1-2H3,(H,24,25). The van der Waals surface area contributed by atoms with Gasteiger partial charge in [0, 0.05) is 17.5 Å². The zero-order valence-electron chi connectivity index (χ0n) is 16.0. The smallest absolute Gasteiger partial charge is 0.303 e. The first kappa shape index (κ1) is 20.8. The Morgan fingerprint density at radius 1 is 1.25 bits per heavy atom. The molecule has 0 fully saturated rings. The number of fused-ring (bicyclic) bond motifs is 1. The zero-order chi connectivity index (χ0) is 20.5. The number of nitrogens with one attached hydrogen (secondary N) is 1. The summed E-state index contributed by atoms with van der Waals surface area (Å²) in [6.45, 7) is 4.05. The van der Waals surface area contributed by atoms with Crippen LogP contribution in [0, 0.1) is 13.8 Å². The normalized spacial score (nSPS) is 16.6. The summed E-state index contributed by atoms with van der Waals surface area (Å²) in [7, 11) is -3.62. The van der Waals surface area contributed by atoms with Gasteiger partial charge < -0.3 is 5.11 Å². The van der Waals surface area contributed by atoms with Crippen LogP contribution in [0.5, 0.6) is 0 Å². The van der Waals surface area contributed by atoms with Crippen LogP contribution in [0.15, 0.2) is 35.2 Å². The molecule has 0 saturated carbocycles. The minimum Gasteiger partial charge on any atom is -0.481 e. The van der Waals surface area contributed by atoms with Gasteiger partial charge in [0.25, 0.3) is 0 Å². The second-order valence-electron chi connectivity index (χ2n) is 7.34. The van der Waals surface area contributed by atoms with Gasteiger partial charge in [-0.15, -0.1) is 0 Å². The monoisotopic (exact) mass is 421 g/mol. The third-order valence-corrected chi connectivity index (χ3v) is 7.22. The number of rotatable bonds is 6. The quantitative estimate of drug-likeness (QED) is 0.742. The lowest BCUT2D eigenvalue weighted by Gasteiger charge is -2.29. The van der Waals surface area contributed by atoms with E-state index in [-0.39, 0.29) is 17.4 Å². The van der Waals surface area contributed by atoms with Crippen molar-refractivity contribution in [1.29, 1.82) is 0 Å². The minimum atomic E-state index is -3.62. The van der Waals surface area contributed by atoms with Crippen molar-refractivity contribution in [3.63, 3.8) is 0 Å². The number of carbonyl (C=O) groups is 1.